The van der Waals surface area contributed by atoms with Crippen molar-refractivity contribution in [2.75, 3.05) is 11.8 Å². The molecule has 10 heteroatoms. The number of ether oxygens (including phenoxy) is 1. The summed E-state index contributed by atoms with van der Waals surface area (Å²) in [4.78, 5) is 4.51. The second-order valence-electron chi connectivity index (χ2n) is 4.22. The van der Waals surface area contributed by atoms with Gasteiger partial charge >= 0.3 is 0 Å². The number of sulfonamides is 1. The van der Waals surface area contributed by atoms with E-state index in [1.165, 1.54) is 28.9 Å². The highest BCUT2D eigenvalue weighted by Gasteiger charge is 2.25. The Labute approximate surface area is 140 Å². The molecule has 0 saturated heterocycles. The molecule has 0 spiro atoms. The molecule has 0 fully saturated rings. The Balaban J connectivity index is 2.02. The maximum Gasteiger partial charge on any atom is 0.281 e. The molecule has 116 valence electrons. The zero-order valence-electron chi connectivity index (χ0n) is 11.1. The molecule has 0 amide bonds. The summed E-state index contributed by atoms with van der Waals surface area (Å²) >= 11 is 13.2. The molecule has 0 radical (unpaired) electrons. The van der Waals surface area contributed by atoms with Crippen molar-refractivity contribution in [3.8, 4) is 5.75 Å². The first-order valence-electron chi connectivity index (χ1n) is 5.90. The van der Waals surface area contributed by atoms with E-state index in [-0.39, 0.29) is 10.2 Å². The molecule has 2 heterocycles. The molecular formula is C12H9Cl2N3O3S2. The van der Waals surface area contributed by atoms with Gasteiger partial charge in [0.2, 0.25) is 0 Å². The van der Waals surface area contributed by atoms with Gasteiger partial charge in [0.1, 0.15) is 5.75 Å². The van der Waals surface area contributed by atoms with Gasteiger partial charge in [-0.2, -0.15) is 8.42 Å². The number of benzene rings is 1. The number of anilines is 1. The molecular weight excluding hydrogens is 369 g/mol. The Bertz CT molecular complexity index is 950. The van der Waals surface area contributed by atoms with Crippen LogP contribution in [0, 0.1) is 0 Å². The SMILES string of the molecule is COc1ccc(NS(=O)(=O)c2c(Cl)nc3sccn23)cc1Cl. The molecule has 0 aliphatic heterocycles. The fourth-order valence-corrected chi connectivity index (χ4v) is 4.68. The monoisotopic (exact) mass is 377 g/mol. The van der Waals surface area contributed by atoms with Crippen LogP contribution in [-0.4, -0.2) is 24.9 Å². The summed E-state index contributed by atoms with van der Waals surface area (Å²) in [6, 6.07) is 4.57. The summed E-state index contributed by atoms with van der Waals surface area (Å²) in [7, 11) is -2.43. The summed E-state index contributed by atoms with van der Waals surface area (Å²) in [6.07, 6.45) is 1.59. The summed E-state index contributed by atoms with van der Waals surface area (Å²) in [6.45, 7) is 0. The minimum atomic E-state index is -3.91. The number of nitrogens with one attached hydrogen (secondary N) is 1. The minimum Gasteiger partial charge on any atom is -0.495 e. The number of rotatable bonds is 4. The Kier molecular flexibility index (Phi) is 3.94. The Hall–Kier alpha value is -1.48. The molecule has 0 atom stereocenters. The number of hydrogen-bond acceptors (Lipinski definition) is 5. The molecule has 6 nitrogen and oxygen atoms in total. The topological polar surface area (TPSA) is 72.7 Å². The third kappa shape index (κ3) is 2.63. The van der Waals surface area contributed by atoms with Gasteiger partial charge < -0.3 is 4.74 Å². The predicted molar refractivity (Wildman–Crippen MR) is 86.9 cm³/mol. The van der Waals surface area contributed by atoms with E-state index in [1.807, 2.05) is 0 Å². The zero-order chi connectivity index (χ0) is 15.9. The van der Waals surface area contributed by atoms with Crippen molar-refractivity contribution < 1.29 is 13.2 Å². The van der Waals surface area contributed by atoms with Gasteiger partial charge in [-0.05, 0) is 18.2 Å². The Morgan fingerprint density at radius 3 is 2.82 bits per heavy atom. The first-order valence-corrected chi connectivity index (χ1v) is 9.01. The second-order valence-corrected chi connectivity index (χ2v) is 7.45. The van der Waals surface area contributed by atoms with Crippen molar-refractivity contribution in [3.63, 3.8) is 0 Å². The average Bonchev–Trinajstić information content (AvgIpc) is 2.97. The first-order chi connectivity index (χ1) is 10.4. The van der Waals surface area contributed by atoms with E-state index in [9.17, 15) is 8.42 Å². The van der Waals surface area contributed by atoms with E-state index >= 15 is 0 Å². The van der Waals surface area contributed by atoms with E-state index in [0.29, 0.717) is 21.4 Å². The fourth-order valence-electron chi connectivity index (χ4n) is 1.91. The molecule has 3 rings (SSSR count). The first kappa shape index (κ1) is 15.4. The van der Waals surface area contributed by atoms with Crippen LogP contribution in [0.15, 0.2) is 34.8 Å². The van der Waals surface area contributed by atoms with Crippen LogP contribution >= 0.6 is 34.5 Å². The average molecular weight is 378 g/mol. The largest absolute Gasteiger partial charge is 0.495 e. The number of fused-ring (bicyclic) bond motifs is 1. The Morgan fingerprint density at radius 1 is 1.36 bits per heavy atom. The molecule has 0 saturated carbocycles. The highest BCUT2D eigenvalue weighted by atomic mass is 35.5. The summed E-state index contributed by atoms with van der Waals surface area (Å²) in [5.41, 5.74) is 0.298. The quantitative estimate of drug-likeness (QED) is 0.754. The molecule has 0 bridgehead atoms. The lowest BCUT2D eigenvalue weighted by molar-refractivity contribution is 0.415. The van der Waals surface area contributed by atoms with E-state index in [4.69, 9.17) is 27.9 Å². The predicted octanol–water partition coefficient (Wildman–Crippen LogP) is 3.51. The molecule has 0 aliphatic rings. The summed E-state index contributed by atoms with van der Waals surface area (Å²) < 4.78 is 33.9. The maximum atomic E-state index is 12.5. The lowest BCUT2D eigenvalue weighted by Gasteiger charge is -2.09. The van der Waals surface area contributed by atoms with E-state index in [2.05, 4.69) is 9.71 Å². The number of thiazole rings is 1. The summed E-state index contributed by atoms with van der Waals surface area (Å²) in [5, 5.41) is 1.82. The molecule has 3 aromatic rings. The van der Waals surface area contributed by atoms with Crippen LogP contribution in [0.25, 0.3) is 4.96 Å². The van der Waals surface area contributed by atoms with Gasteiger partial charge in [0.15, 0.2) is 15.1 Å². The van der Waals surface area contributed by atoms with E-state index < -0.39 is 10.0 Å². The van der Waals surface area contributed by atoms with Crippen LogP contribution in [0.2, 0.25) is 10.2 Å². The highest BCUT2D eigenvalue weighted by molar-refractivity contribution is 7.92. The second kappa shape index (κ2) is 5.62. The number of imidazole rings is 1. The number of halogens is 2. The molecule has 1 aromatic carbocycles. The smallest absolute Gasteiger partial charge is 0.281 e. The third-order valence-corrected chi connectivity index (χ3v) is 5.67. The highest BCUT2D eigenvalue weighted by Crippen LogP contribution is 2.30. The number of nitrogens with zero attached hydrogens (tertiary/aromatic N) is 2. The van der Waals surface area contributed by atoms with Crippen molar-refractivity contribution in [1.82, 2.24) is 9.38 Å². The normalized spacial score (nSPS) is 11.8. The van der Waals surface area contributed by atoms with Gasteiger partial charge in [-0.3, -0.25) is 9.12 Å². The molecule has 0 aliphatic carbocycles. The van der Waals surface area contributed by atoms with Crippen molar-refractivity contribution in [3.05, 3.63) is 40.0 Å². The van der Waals surface area contributed by atoms with Crippen molar-refractivity contribution in [1.29, 1.82) is 0 Å². The van der Waals surface area contributed by atoms with Gasteiger partial charge in [-0.15, -0.1) is 11.3 Å². The van der Waals surface area contributed by atoms with Crippen LogP contribution in [-0.2, 0) is 10.0 Å². The van der Waals surface area contributed by atoms with Crippen LogP contribution in [0.1, 0.15) is 0 Å². The van der Waals surface area contributed by atoms with Gasteiger partial charge in [-0.25, -0.2) is 4.98 Å². The lowest BCUT2D eigenvalue weighted by Crippen LogP contribution is -2.15. The number of aromatic nitrogens is 2. The zero-order valence-corrected chi connectivity index (χ0v) is 14.2. The van der Waals surface area contributed by atoms with Gasteiger partial charge in [0.25, 0.3) is 10.0 Å². The van der Waals surface area contributed by atoms with Gasteiger partial charge in [0, 0.05) is 11.6 Å². The van der Waals surface area contributed by atoms with Crippen LogP contribution < -0.4 is 9.46 Å². The lowest BCUT2D eigenvalue weighted by atomic mass is 10.3. The van der Waals surface area contributed by atoms with E-state index in [0.717, 1.165) is 0 Å². The van der Waals surface area contributed by atoms with Crippen LogP contribution in [0.4, 0.5) is 5.69 Å². The van der Waals surface area contributed by atoms with Crippen LogP contribution in [0.5, 0.6) is 5.75 Å². The Morgan fingerprint density at radius 2 is 2.14 bits per heavy atom. The van der Waals surface area contributed by atoms with Crippen molar-refractivity contribution >= 4 is 55.2 Å². The van der Waals surface area contributed by atoms with Gasteiger partial charge in [0.05, 0.1) is 17.8 Å². The molecule has 22 heavy (non-hydrogen) atoms. The van der Waals surface area contributed by atoms with Crippen molar-refractivity contribution in [2.45, 2.75) is 5.03 Å². The number of hydrogen-bond donors (Lipinski definition) is 1. The molecule has 0 unspecified atom stereocenters. The van der Waals surface area contributed by atoms with Gasteiger partial charge in [-0.1, -0.05) is 23.2 Å². The van der Waals surface area contributed by atoms with Crippen molar-refractivity contribution in [2.24, 2.45) is 0 Å². The van der Waals surface area contributed by atoms with Crippen LogP contribution in [0.3, 0.4) is 0 Å². The standard InChI is InChI=1S/C12H9Cl2N3O3S2/c1-20-9-3-2-7(6-8(9)13)16-22(18,19)11-10(14)15-12-17(11)4-5-21-12/h2-6,16H,1H3. The molecule has 1 N–H and O–H groups in total. The number of methoxy groups -OCH3 is 1. The van der Waals surface area contributed by atoms with E-state index in [1.54, 1.807) is 23.7 Å². The fraction of sp³-hybridized carbons (Fsp3) is 0.0833. The third-order valence-electron chi connectivity index (χ3n) is 2.84. The molecule has 2 aromatic heterocycles. The maximum absolute atomic E-state index is 12.5. The summed E-state index contributed by atoms with van der Waals surface area (Å²) in [5.74, 6) is 0.451. The minimum absolute atomic E-state index is 0.0843.